The number of anilines is 2. The van der Waals surface area contributed by atoms with E-state index in [1.165, 1.54) is 0 Å². The molecule has 162 valence electrons. The summed E-state index contributed by atoms with van der Waals surface area (Å²) >= 11 is 0. The van der Waals surface area contributed by atoms with Crippen molar-refractivity contribution in [2.75, 3.05) is 17.2 Å². The summed E-state index contributed by atoms with van der Waals surface area (Å²) in [5, 5.41) is 8.21. The summed E-state index contributed by atoms with van der Waals surface area (Å²) in [6.07, 6.45) is 5.60. The summed E-state index contributed by atoms with van der Waals surface area (Å²) in [5.74, 6) is 1.65. The van der Waals surface area contributed by atoms with Crippen LogP contribution in [0.1, 0.15) is 43.1 Å². The molecule has 0 spiro atoms. The molecule has 0 saturated heterocycles. The van der Waals surface area contributed by atoms with Crippen LogP contribution in [-0.2, 0) is 11.3 Å². The molecule has 0 aliphatic carbocycles. The first-order valence-electron chi connectivity index (χ1n) is 10.3. The highest BCUT2D eigenvalue weighted by atomic mass is 16.2. The van der Waals surface area contributed by atoms with Crippen LogP contribution in [0.2, 0.25) is 0 Å². The van der Waals surface area contributed by atoms with Gasteiger partial charge in [0.1, 0.15) is 11.6 Å². The Morgan fingerprint density at radius 3 is 2.68 bits per heavy atom. The second-order valence-electron chi connectivity index (χ2n) is 7.67. The quantitative estimate of drug-likeness (QED) is 0.514. The van der Waals surface area contributed by atoms with Crippen molar-refractivity contribution < 1.29 is 9.59 Å². The minimum absolute atomic E-state index is 0.154. The zero-order chi connectivity index (χ0) is 22.2. The smallest absolute Gasteiger partial charge is 0.319 e. The number of carbonyl (C=O) groups excluding carboxylic acids is 2. The van der Waals surface area contributed by atoms with Crippen LogP contribution < -0.4 is 16.0 Å². The van der Waals surface area contributed by atoms with E-state index in [-0.39, 0.29) is 24.9 Å². The molecule has 31 heavy (non-hydrogen) atoms. The Kier molecular flexibility index (Phi) is 7.37. The third-order valence-electron chi connectivity index (χ3n) is 4.62. The fourth-order valence-electron chi connectivity index (χ4n) is 3.11. The number of hydrogen-bond donors (Lipinski definition) is 3. The molecular weight excluding hydrogens is 392 g/mol. The first kappa shape index (κ1) is 22.0. The van der Waals surface area contributed by atoms with Crippen molar-refractivity contribution in [3.8, 4) is 0 Å². The molecule has 0 radical (unpaired) electrons. The van der Waals surface area contributed by atoms with Crippen molar-refractivity contribution in [1.29, 1.82) is 0 Å². The van der Waals surface area contributed by atoms with Gasteiger partial charge in [0, 0.05) is 49.7 Å². The SMILES string of the molecule is Cc1ccc(NC(=O)CCNC(=O)Nc2cccc(Cn3ccnc3C(C)C)c2)nc1. The Labute approximate surface area is 182 Å². The van der Waals surface area contributed by atoms with Crippen LogP contribution >= 0.6 is 0 Å². The summed E-state index contributed by atoms with van der Waals surface area (Å²) in [6, 6.07) is 10.9. The molecule has 0 aliphatic rings. The van der Waals surface area contributed by atoms with Gasteiger partial charge >= 0.3 is 6.03 Å². The second-order valence-corrected chi connectivity index (χ2v) is 7.67. The maximum absolute atomic E-state index is 12.2. The van der Waals surface area contributed by atoms with Gasteiger partial charge in [-0.05, 0) is 36.2 Å². The average molecular weight is 421 g/mol. The van der Waals surface area contributed by atoms with Gasteiger partial charge in [-0.25, -0.2) is 14.8 Å². The summed E-state index contributed by atoms with van der Waals surface area (Å²) in [6.45, 7) is 7.04. The zero-order valence-electron chi connectivity index (χ0n) is 18.1. The second kappa shape index (κ2) is 10.4. The molecule has 8 nitrogen and oxygen atoms in total. The monoisotopic (exact) mass is 420 g/mol. The van der Waals surface area contributed by atoms with Crippen molar-refractivity contribution in [3.05, 3.63) is 71.9 Å². The number of amides is 3. The van der Waals surface area contributed by atoms with Gasteiger partial charge in [-0.15, -0.1) is 0 Å². The molecule has 0 atom stereocenters. The van der Waals surface area contributed by atoms with Crippen LogP contribution in [0.15, 0.2) is 55.0 Å². The Balaban J connectivity index is 1.46. The number of carbonyl (C=O) groups is 2. The van der Waals surface area contributed by atoms with Crippen LogP contribution in [0.3, 0.4) is 0 Å². The molecule has 8 heteroatoms. The lowest BCUT2D eigenvalue weighted by molar-refractivity contribution is -0.116. The van der Waals surface area contributed by atoms with E-state index in [1.807, 2.05) is 43.5 Å². The molecule has 2 heterocycles. The number of nitrogens with zero attached hydrogens (tertiary/aromatic N) is 3. The molecule has 0 unspecified atom stereocenters. The Morgan fingerprint density at radius 1 is 1.10 bits per heavy atom. The van der Waals surface area contributed by atoms with Gasteiger partial charge in [-0.3, -0.25) is 4.79 Å². The predicted molar refractivity (Wildman–Crippen MR) is 121 cm³/mol. The normalized spacial score (nSPS) is 10.7. The fourth-order valence-corrected chi connectivity index (χ4v) is 3.11. The lowest BCUT2D eigenvalue weighted by Gasteiger charge is -2.12. The van der Waals surface area contributed by atoms with E-state index in [4.69, 9.17) is 0 Å². The molecule has 3 aromatic rings. The Morgan fingerprint density at radius 2 is 1.94 bits per heavy atom. The molecule has 0 fully saturated rings. The van der Waals surface area contributed by atoms with Gasteiger partial charge in [0.15, 0.2) is 0 Å². The van der Waals surface area contributed by atoms with E-state index >= 15 is 0 Å². The van der Waals surface area contributed by atoms with E-state index in [0.29, 0.717) is 24.0 Å². The molecular formula is C23H28N6O2. The summed E-state index contributed by atoms with van der Waals surface area (Å²) in [4.78, 5) is 32.7. The van der Waals surface area contributed by atoms with Crippen molar-refractivity contribution >= 4 is 23.4 Å². The Bertz CT molecular complexity index is 1030. The van der Waals surface area contributed by atoms with E-state index in [9.17, 15) is 9.59 Å². The zero-order valence-corrected chi connectivity index (χ0v) is 18.1. The number of nitrogens with one attached hydrogen (secondary N) is 3. The molecule has 0 bridgehead atoms. The van der Waals surface area contributed by atoms with Crippen molar-refractivity contribution in [3.63, 3.8) is 0 Å². The van der Waals surface area contributed by atoms with Crippen LogP contribution in [0.4, 0.5) is 16.3 Å². The molecule has 1 aromatic carbocycles. The van der Waals surface area contributed by atoms with Gasteiger partial charge < -0.3 is 20.5 Å². The third-order valence-corrected chi connectivity index (χ3v) is 4.62. The van der Waals surface area contributed by atoms with Crippen LogP contribution in [0.25, 0.3) is 0 Å². The largest absolute Gasteiger partial charge is 0.337 e. The number of rotatable bonds is 8. The molecule has 3 N–H and O–H groups in total. The summed E-state index contributed by atoms with van der Waals surface area (Å²) in [7, 11) is 0. The van der Waals surface area contributed by atoms with E-state index in [1.54, 1.807) is 18.5 Å². The average Bonchev–Trinajstić information content (AvgIpc) is 3.18. The van der Waals surface area contributed by atoms with Gasteiger partial charge in [-0.1, -0.05) is 32.0 Å². The number of pyridine rings is 1. The van der Waals surface area contributed by atoms with Crippen molar-refractivity contribution in [1.82, 2.24) is 19.9 Å². The maximum atomic E-state index is 12.2. The topological polar surface area (TPSA) is 101 Å². The number of aromatic nitrogens is 3. The van der Waals surface area contributed by atoms with Gasteiger partial charge in [0.25, 0.3) is 0 Å². The lowest BCUT2D eigenvalue weighted by Crippen LogP contribution is -2.31. The standard InChI is InChI=1S/C23H28N6O2/c1-16(2)22-24-11-12-29(22)15-18-5-4-6-19(13-18)27-23(31)25-10-9-21(30)28-20-8-7-17(3)14-26-20/h4-8,11-14,16H,9-10,15H2,1-3H3,(H2,25,27,31)(H,26,28,30). The number of benzene rings is 1. The van der Waals surface area contributed by atoms with Crippen LogP contribution in [0.5, 0.6) is 0 Å². The maximum Gasteiger partial charge on any atom is 0.319 e. The molecule has 3 amide bonds. The molecule has 0 saturated carbocycles. The van der Waals surface area contributed by atoms with Crippen molar-refractivity contribution in [2.24, 2.45) is 0 Å². The summed E-state index contributed by atoms with van der Waals surface area (Å²) < 4.78 is 2.10. The number of hydrogen-bond acceptors (Lipinski definition) is 4. The highest BCUT2D eigenvalue weighted by Gasteiger charge is 2.09. The van der Waals surface area contributed by atoms with E-state index < -0.39 is 0 Å². The molecule has 0 aliphatic heterocycles. The van der Waals surface area contributed by atoms with Crippen LogP contribution in [0, 0.1) is 6.92 Å². The minimum atomic E-state index is -0.357. The van der Waals surface area contributed by atoms with E-state index in [0.717, 1.165) is 17.0 Å². The van der Waals surface area contributed by atoms with Crippen LogP contribution in [-0.4, -0.2) is 33.0 Å². The minimum Gasteiger partial charge on any atom is -0.337 e. The van der Waals surface area contributed by atoms with E-state index in [2.05, 4.69) is 44.3 Å². The highest BCUT2D eigenvalue weighted by molar-refractivity contribution is 5.91. The third kappa shape index (κ3) is 6.67. The number of urea groups is 1. The van der Waals surface area contributed by atoms with Gasteiger partial charge in [-0.2, -0.15) is 0 Å². The highest BCUT2D eigenvalue weighted by Crippen LogP contribution is 2.16. The fraction of sp³-hybridized carbons (Fsp3) is 0.304. The first-order chi connectivity index (χ1) is 14.9. The number of aryl methyl sites for hydroxylation is 1. The van der Waals surface area contributed by atoms with Gasteiger partial charge in [0.05, 0.1) is 0 Å². The first-order valence-corrected chi connectivity index (χ1v) is 10.3. The van der Waals surface area contributed by atoms with Gasteiger partial charge in [0.2, 0.25) is 5.91 Å². The summed E-state index contributed by atoms with van der Waals surface area (Å²) in [5.41, 5.74) is 2.77. The predicted octanol–water partition coefficient (Wildman–Crippen LogP) is 3.91. The molecule has 2 aromatic heterocycles. The molecule has 3 rings (SSSR count). The lowest BCUT2D eigenvalue weighted by atomic mass is 10.1. The number of imidazole rings is 1. The Hall–Kier alpha value is -3.68. The van der Waals surface area contributed by atoms with Crippen molar-refractivity contribution in [2.45, 2.75) is 39.7 Å².